The van der Waals surface area contributed by atoms with Gasteiger partial charge in [-0.05, 0) is 46.2 Å². The molecule has 2 aliphatic heterocycles. The molecule has 16 nitrogen and oxygen atoms in total. The maximum absolute atomic E-state index is 11.6. The lowest BCUT2D eigenvalue weighted by Gasteiger charge is -2.48. The Morgan fingerprint density at radius 1 is 1.12 bits per heavy atom. The van der Waals surface area contributed by atoms with E-state index in [1.165, 1.54) is 6.92 Å². The Kier molecular flexibility index (Phi) is 13.1. The molecule has 1 saturated carbocycles. The summed E-state index contributed by atoms with van der Waals surface area (Å²) < 4.78 is 24.0. The van der Waals surface area contributed by atoms with Gasteiger partial charge in [-0.1, -0.05) is 0 Å². The van der Waals surface area contributed by atoms with E-state index < -0.39 is 72.9 Å². The zero-order chi connectivity index (χ0) is 30.3. The highest BCUT2D eigenvalue weighted by Crippen LogP contribution is 2.33. The molecule has 13 atom stereocenters. The number of likely N-dealkylation sites (N-methyl/N-ethyl adjacent to an activating group) is 1. The zero-order valence-electron chi connectivity index (χ0n) is 23.9. The van der Waals surface area contributed by atoms with Gasteiger partial charge in [0.15, 0.2) is 12.6 Å². The molecule has 3 rings (SSSR count). The molecule has 2 saturated heterocycles. The summed E-state index contributed by atoms with van der Waals surface area (Å²) in [6.07, 6.45) is -6.62. The number of amidine groups is 1. The number of nitrogens with one attached hydrogen (secondary N) is 2. The monoisotopic (exact) mass is 593 g/mol. The van der Waals surface area contributed by atoms with Crippen molar-refractivity contribution in [1.82, 2.24) is 10.6 Å². The fourth-order valence-corrected chi connectivity index (χ4v) is 5.65. The van der Waals surface area contributed by atoms with Gasteiger partial charge in [-0.25, -0.2) is 0 Å². The van der Waals surface area contributed by atoms with E-state index in [9.17, 15) is 20.4 Å². The molecule has 2 heterocycles. The second kappa shape index (κ2) is 15.6. The van der Waals surface area contributed by atoms with E-state index in [2.05, 4.69) is 15.6 Å². The summed E-state index contributed by atoms with van der Waals surface area (Å²) in [6, 6.07) is -2.85. The number of rotatable bonds is 13. The minimum Gasteiger partial charge on any atom is -0.395 e. The summed E-state index contributed by atoms with van der Waals surface area (Å²) in [5, 5.41) is 58.5. The molecule has 240 valence electrons. The summed E-state index contributed by atoms with van der Waals surface area (Å²) in [5.74, 6) is -0.0928. The number of aliphatic hydroxyl groups is 5. The minimum atomic E-state index is -1.39. The first-order chi connectivity index (χ1) is 19.4. The van der Waals surface area contributed by atoms with Crippen molar-refractivity contribution in [3.05, 3.63) is 0 Å². The maximum Gasteiger partial charge on any atom is 0.185 e. The Labute approximate surface area is 240 Å². The van der Waals surface area contributed by atoms with Gasteiger partial charge in [0.05, 0.1) is 37.4 Å². The van der Waals surface area contributed by atoms with Gasteiger partial charge in [-0.15, -0.1) is 0 Å². The molecule has 3 aliphatic rings. The van der Waals surface area contributed by atoms with Gasteiger partial charge in [0.25, 0.3) is 0 Å². The van der Waals surface area contributed by atoms with Crippen LogP contribution in [-0.2, 0) is 18.9 Å². The highest BCUT2D eigenvalue weighted by molar-refractivity contribution is 5.84. The molecule has 1 unspecified atom stereocenters. The van der Waals surface area contributed by atoms with Gasteiger partial charge in [0.2, 0.25) is 0 Å². The van der Waals surface area contributed by atoms with Gasteiger partial charge >= 0.3 is 0 Å². The van der Waals surface area contributed by atoms with E-state index in [0.29, 0.717) is 25.9 Å². The average Bonchev–Trinajstić information content (AvgIpc) is 2.91. The number of nitrogens with two attached hydrogens (primary N) is 4. The van der Waals surface area contributed by atoms with Crippen molar-refractivity contribution >= 4 is 5.84 Å². The van der Waals surface area contributed by atoms with Crippen LogP contribution in [0.2, 0.25) is 0 Å². The second-order valence-electron chi connectivity index (χ2n) is 11.4. The van der Waals surface area contributed by atoms with Crippen LogP contribution >= 0.6 is 0 Å². The molecule has 16 heteroatoms. The molecule has 0 spiro atoms. The molecule has 3 fully saturated rings. The first-order valence-corrected chi connectivity index (χ1v) is 14.3. The predicted molar refractivity (Wildman–Crippen MR) is 148 cm³/mol. The standard InChI is InChI=1S/C25H51N7O9/c1-25(37)11-38-24(18(36)21(25)30-2)41-20-15(32-22(29)16(34)5-6-26)9-14(28)19(17(20)35)40-23-13(27)4-3-12(39-23)10-31-7-8-33/h12-21,23-24,30-31,33-37H,3-11,26-28H2,1-2H3,(H2,29,32)/t12-,13+,14-,15+,16?,17-,18+,19+,20-,21+,23+,24+,25-/m0/s1. The van der Waals surface area contributed by atoms with Crippen molar-refractivity contribution in [3.63, 3.8) is 0 Å². The topological polar surface area (TPSA) is 279 Å². The fraction of sp³-hybridized carbons (Fsp3) is 0.960. The minimum absolute atomic E-state index is 0.0000987. The lowest BCUT2D eigenvalue weighted by atomic mass is 9.83. The molecule has 0 aromatic rings. The van der Waals surface area contributed by atoms with Crippen LogP contribution in [0.5, 0.6) is 0 Å². The number of aliphatic hydroxyl groups excluding tert-OH is 4. The molecular formula is C25H51N7O9. The lowest BCUT2D eigenvalue weighted by Crippen LogP contribution is -2.67. The SMILES string of the molecule is CN[C@@H]1[C@@H](O)[C@@H](O[C@@H]2[C@@H](O)[C@H](O[C@H]3O[C@H](CNCCO)CC[C@H]3N)[C@@H](N)C[C@H]2N=C(N)C(O)CCN)OC[C@]1(C)O. The van der Waals surface area contributed by atoms with E-state index >= 15 is 0 Å². The summed E-state index contributed by atoms with van der Waals surface area (Å²) in [6.45, 7) is 2.48. The van der Waals surface area contributed by atoms with E-state index in [1.807, 2.05) is 0 Å². The smallest absolute Gasteiger partial charge is 0.185 e. The largest absolute Gasteiger partial charge is 0.395 e. The van der Waals surface area contributed by atoms with Crippen LogP contribution < -0.4 is 33.6 Å². The van der Waals surface area contributed by atoms with Crippen LogP contribution in [0.15, 0.2) is 4.99 Å². The van der Waals surface area contributed by atoms with E-state index in [4.69, 9.17) is 47.0 Å². The van der Waals surface area contributed by atoms with Crippen LogP contribution in [0, 0.1) is 0 Å². The number of hydrogen-bond acceptors (Lipinski definition) is 15. The van der Waals surface area contributed by atoms with Crippen LogP contribution in [0.3, 0.4) is 0 Å². The third kappa shape index (κ3) is 8.73. The average molecular weight is 594 g/mol. The van der Waals surface area contributed by atoms with E-state index in [1.54, 1.807) is 7.05 Å². The Hall–Kier alpha value is -1.09. The van der Waals surface area contributed by atoms with Gasteiger partial charge in [-0.3, -0.25) is 4.99 Å². The van der Waals surface area contributed by atoms with Gasteiger partial charge in [0.1, 0.15) is 42.0 Å². The molecule has 0 aromatic carbocycles. The van der Waals surface area contributed by atoms with Crippen molar-refractivity contribution in [2.45, 2.75) is 112 Å². The van der Waals surface area contributed by atoms with Gasteiger partial charge < -0.3 is 78.0 Å². The molecule has 1 aliphatic carbocycles. The molecule has 0 aromatic heterocycles. The van der Waals surface area contributed by atoms with Crippen molar-refractivity contribution in [3.8, 4) is 0 Å². The number of ether oxygens (including phenoxy) is 4. The molecule has 41 heavy (non-hydrogen) atoms. The number of nitrogens with zero attached hydrogens (tertiary/aromatic N) is 1. The zero-order valence-corrected chi connectivity index (χ0v) is 23.9. The van der Waals surface area contributed by atoms with Crippen molar-refractivity contribution in [1.29, 1.82) is 0 Å². The maximum atomic E-state index is 11.6. The van der Waals surface area contributed by atoms with Gasteiger partial charge in [0, 0.05) is 19.1 Å². The predicted octanol–water partition coefficient (Wildman–Crippen LogP) is -5.25. The molecule has 0 radical (unpaired) electrons. The summed E-state index contributed by atoms with van der Waals surface area (Å²) in [7, 11) is 1.59. The van der Waals surface area contributed by atoms with Crippen molar-refractivity contribution < 1.29 is 44.5 Å². The molecular weight excluding hydrogens is 542 g/mol. The summed E-state index contributed by atoms with van der Waals surface area (Å²) in [4.78, 5) is 4.43. The van der Waals surface area contributed by atoms with Crippen molar-refractivity contribution in [2.75, 3.05) is 39.9 Å². The fourth-order valence-electron chi connectivity index (χ4n) is 5.65. The lowest BCUT2D eigenvalue weighted by molar-refractivity contribution is -0.306. The highest BCUT2D eigenvalue weighted by Gasteiger charge is 2.51. The second-order valence-corrected chi connectivity index (χ2v) is 11.4. The Morgan fingerprint density at radius 2 is 1.83 bits per heavy atom. The molecule has 15 N–H and O–H groups in total. The first-order valence-electron chi connectivity index (χ1n) is 14.3. The van der Waals surface area contributed by atoms with Crippen LogP contribution in [-0.4, -0.2) is 150 Å². The van der Waals surface area contributed by atoms with Gasteiger partial charge in [-0.2, -0.15) is 0 Å². The summed E-state index contributed by atoms with van der Waals surface area (Å²) >= 11 is 0. The Morgan fingerprint density at radius 3 is 2.49 bits per heavy atom. The number of aliphatic imine (C=N–C) groups is 1. The normalized spacial score (nSPS) is 43.2. The van der Waals surface area contributed by atoms with Crippen LogP contribution in [0.1, 0.15) is 32.6 Å². The van der Waals surface area contributed by atoms with E-state index in [-0.39, 0.29) is 44.5 Å². The Balaban J connectivity index is 1.81. The molecule has 0 amide bonds. The first kappa shape index (κ1) is 34.4. The van der Waals surface area contributed by atoms with Crippen LogP contribution in [0.4, 0.5) is 0 Å². The molecule has 0 bridgehead atoms. The number of hydrogen-bond donors (Lipinski definition) is 11. The highest BCUT2D eigenvalue weighted by atomic mass is 16.7. The van der Waals surface area contributed by atoms with Crippen LogP contribution in [0.25, 0.3) is 0 Å². The van der Waals surface area contributed by atoms with Crippen molar-refractivity contribution in [2.24, 2.45) is 27.9 Å². The summed E-state index contributed by atoms with van der Waals surface area (Å²) in [5.41, 5.74) is 23.0. The Bertz CT molecular complexity index is 828. The third-order valence-corrected chi connectivity index (χ3v) is 7.97. The van der Waals surface area contributed by atoms with E-state index in [0.717, 1.165) is 0 Å². The third-order valence-electron chi connectivity index (χ3n) is 7.97. The quantitative estimate of drug-likeness (QED) is 0.0540.